The van der Waals surface area contributed by atoms with Crippen LogP contribution >= 0.6 is 0 Å². The Morgan fingerprint density at radius 2 is 1.63 bits per heavy atom. The van der Waals surface area contributed by atoms with Gasteiger partial charge in [0.1, 0.15) is 17.5 Å². The lowest BCUT2D eigenvalue weighted by molar-refractivity contribution is 0.569. The van der Waals surface area contributed by atoms with Crippen molar-refractivity contribution in [2.24, 2.45) is 0 Å². The molecule has 0 aliphatic carbocycles. The van der Waals surface area contributed by atoms with Gasteiger partial charge in [0.05, 0.1) is 11.7 Å². The first kappa shape index (κ1) is 13.5. The predicted molar refractivity (Wildman–Crippen MR) is 69.5 cm³/mol. The highest BCUT2D eigenvalue weighted by atomic mass is 19.1. The van der Waals surface area contributed by atoms with Gasteiger partial charge in [-0.25, -0.2) is 13.2 Å². The first-order valence-electron chi connectivity index (χ1n) is 5.95. The summed E-state index contributed by atoms with van der Waals surface area (Å²) in [5, 5.41) is 2.83. The highest BCUT2D eigenvalue weighted by molar-refractivity contribution is 5.46. The Kier molecular flexibility index (Phi) is 3.79. The molecule has 0 saturated carbocycles. The van der Waals surface area contributed by atoms with Crippen molar-refractivity contribution in [3.63, 3.8) is 0 Å². The molecular weight excluding hydrogens is 251 g/mol. The van der Waals surface area contributed by atoms with Gasteiger partial charge in [-0.15, -0.1) is 0 Å². The summed E-state index contributed by atoms with van der Waals surface area (Å²) in [6.07, 6.45) is 0. The molecule has 0 aliphatic heterocycles. The van der Waals surface area contributed by atoms with Gasteiger partial charge in [0.15, 0.2) is 0 Å². The van der Waals surface area contributed by atoms with Crippen LogP contribution in [0.25, 0.3) is 0 Å². The van der Waals surface area contributed by atoms with Crippen molar-refractivity contribution in [2.75, 3.05) is 5.32 Å². The molecule has 4 heteroatoms. The van der Waals surface area contributed by atoms with Gasteiger partial charge >= 0.3 is 0 Å². The van der Waals surface area contributed by atoms with E-state index in [2.05, 4.69) is 5.32 Å². The summed E-state index contributed by atoms with van der Waals surface area (Å²) < 4.78 is 40.7. The van der Waals surface area contributed by atoms with Crippen LogP contribution in [0.2, 0.25) is 0 Å². The molecule has 0 amide bonds. The zero-order chi connectivity index (χ0) is 14.0. The van der Waals surface area contributed by atoms with Crippen LogP contribution in [0.4, 0.5) is 18.9 Å². The molecule has 2 aromatic carbocycles. The fourth-order valence-electron chi connectivity index (χ4n) is 1.88. The van der Waals surface area contributed by atoms with E-state index in [1.807, 2.05) is 0 Å². The highest BCUT2D eigenvalue weighted by Crippen LogP contribution is 2.25. The molecule has 0 heterocycles. The lowest BCUT2D eigenvalue weighted by Gasteiger charge is -2.17. The SMILES string of the molecule is Cc1cc(F)c(C(C)Nc2ccccc2F)cc1F. The Balaban J connectivity index is 2.28. The quantitative estimate of drug-likeness (QED) is 0.856. The fourth-order valence-corrected chi connectivity index (χ4v) is 1.88. The molecule has 0 fully saturated rings. The Labute approximate surface area is 110 Å². The number of anilines is 1. The first-order chi connectivity index (χ1) is 8.99. The van der Waals surface area contributed by atoms with Gasteiger partial charge in [-0.05, 0) is 43.7 Å². The standard InChI is InChI=1S/C15H14F3N/c1-9-7-14(18)11(8-13(9)17)10(2)19-15-6-4-3-5-12(15)16/h3-8,10,19H,1-2H3. The number of hydrogen-bond acceptors (Lipinski definition) is 1. The largest absolute Gasteiger partial charge is 0.376 e. The molecule has 0 spiro atoms. The summed E-state index contributed by atoms with van der Waals surface area (Å²) >= 11 is 0. The predicted octanol–water partition coefficient (Wildman–Crippen LogP) is 4.59. The number of halogens is 3. The maximum absolute atomic E-state index is 13.8. The second kappa shape index (κ2) is 5.34. The minimum absolute atomic E-state index is 0.173. The van der Waals surface area contributed by atoms with Crippen molar-refractivity contribution in [1.29, 1.82) is 0 Å². The number of rotatable bonds is 3. The van der Waals surface area contributed by atoms with E-state index in [-0.39, 0.29) is 16.8 Å². The van der Waals surface area contributed by atoms with Gasteiger partial charge in [-0.2, -0.15) is 0 Å². The number of hydrogen-bond donors (Lipinski definition) is 1. The summed E-state index contributed by atoms with van der Waals surface area (Å²) in [7, 11) is 0. The van der Waals surface area contributed by atoms with Gasteiger partial charge in [0, 0.05) is 5.56 Å². The molecular formula is C15H14F3N. The monoisotopic (exact) mass is 265 g/mol. The molecule has 0 radical (unpaired) electrons. The van der Waals surface area contributed by atoms with Crippen molar-refractivity contribution in [3.05, 3.63) is 65.0 Å². The Bertz CT molecular complexity index is 596. The van der Waals surface area contributed by atoms with Crippen molar-refractivity contribution < 1.29 is 13.2 Å². The third kappa shape index (κ3) is 2.89. The minimum Gasteiger partial charge on any atom is -0.376 e. The average molecular weight is 265 g/mol. The van der Waals surface area contributed by atoms with Crippen LogP contribution in [-0.2, 0) is 0 Å². The van der Waals surface area contributed by atoms with E-state index in [0.29, 0.717) is 0 Å². The highest BCUT2D eigenvalue weighted by Gasteiger charge is 2.14. The Hall–Kier alpha value is -1.97. The van der Waals surface area contributed by atoms with Crippen LogP contribution in [0.5, 0.6) is 0 Å². The number of nitrogens with one attached hydrogen (secondary N) is 1. The summed E-state index contributed by atoms with van der Waals surface area (Å²) in [6.45, 7) is 3.15. The van der Waals surface area contributed by atoms with Gasteiger partial charge in [0.25, 0.3) is 0 Å². The van der Waals surface area contributed by atoms with Crippen LogP contribution in [0.3, 0.4) is 0 Å². The summed E-state index contributed by atoms with van der Waals surface area (Å²) in [5.74, 6) is -1.41. The lowest BCUT2D eigenvalue weighted by Crippen LogP contribution is -2.10. The molecule has 2 aromatic rings. The van der Waals surface area contributed by atoms with E-state index in [9.17, 15) is 13.2 Å². The molecule has 1 atom stereocenters. The average Bonchev–Trinajstić information content (AvgIpc) is 2.36. The van der Waals surface area contributed by atoms with Crippen molar-refractivity contribution in [3.8, 4) is 0 Å². The summed E-state index contributed by atoms with van der Waals surface area (Å²) in [6, 6.07) is 7.84. The van der Waals surface area contributed by atoms with Gasteiger partial charge in [-0.1, -0.05) is 12.1 Å². The maximum atomic E-state index is 13.8. The number of para-hydroxylation sites is 1. The fraction of sp³-hybridized carbons (Fsp3) is 0.200. The first-order valence-corrected chi connectivity index (χ1v) is 5.95. The van der Waals surface area contributed by atoms with Crippen LogP contribution < -0.4 is 5.32 Å². The van der Waals surface area contributed by atoms with Crippen LogP contribution in [-0.4, -0.2) is 0 Å². The van der Waals surface area contributed by atoms with Crippen molar-refractivity contribution >= 4 is 5.69 Å². The third-order valence-electron chi connectivity index (χ3n) is 2.99. The van der Waals surface area contributed by atoms with Gasteiger partial charge in [-0.3, -0.25) is 0 Å². The summed E-state index contributed by atoms with van der Waals surface area (Å²) in [4.78, 5) is 0. The van der Waals surface area contributed by atoms with Crippen LogP contribution in [0.15, 0.2) is 36.4 Å². The topological polar surface area (TPSA) is 12.0 Å². The zero-order valence-corrected chi connectivity index (χ0v) is 10.7. The second-order valence-electron chi connectivity index (χ2n) is 4.47. The molecule has 1 unspecified atom stereocenters. The Morgan fingerprint density at radius 3 is 2.32 bits per heavy atom. The molecule has 0 saturated heterocycles. The van der Waals surface area contributed by atoms with E-state index < -0.39 is 23.5 Å². The molecule has 19 heavy (non-hydrogen) atoms. The van der Waals surface area contributed by atoms with Crippen molar-refractivity contribution in [1.82, 2.24) is 0 Å². The van der Waals surface area contributed by atoms with E-state index in [1.165, 1.54) is 13.0 Å². The zero-order valence-electron chi connectivity index (χ0n) is 10.7. The normalized spacial score (nSPS) is 12.3. The minimum atomic E-state index is -0.535. The van der Waals surface area contributed by atoms with Gasteiger partial charge in [0.2, 0.25) is 0 Å². The maximum Gasteiger partial charge on any atom is 0.146 e. The number of benzene rings is 2. The lowest BCUT2D eigenvalue weighted by atomic mass is 10.0. The molecule has 1 N–H and O–H groups in total. The smallest absolute Gasteiger partial charge is 0.146 e. The third-order valence-corrected chi connectivity index (χ3v) is 2.99. The van der Waals surface area contributed by atoms with Gasteiger partial charge < -0.3 is 5.32 Å². The second-order valence-corrected chi connectivity index (χ2v) is 4.47. The van der Waals surface area contributed by atoms with Crippen molar-refractivity contribution in [2.45, 2.75) is 19.9 Å². The van der Waals surface area contributed by atoms with E-state index in [0.717, 1.165) is 12.1 Å². The van der Waals surface area contributed by atoms with Crippen LogP contribution in [0, 0.1) is 24.4 Å². The molecule has 1 nitrogen and oxygen atoms in total. The summed E-state index contributed by atoms with van der Waals surface area (Å²) in [5.41, 5.74) is 0.682. The number of aryl methyl sites for hydroxylation is 1. The van der Waals surface area contributed by atoms with E-state index >= 15 is 0 Å². The molecule has 100 valence electrons. The molecule has 0 bridgehead atoms. The molecule has 2 rings (SSSR count). The van der Waals surface area contributed by atoms with Crippen LogP contribution in [0.1, 0.15) is 24.1 Å². The Morgan fingerprint density at radius 1 is 0.947 bits per heavy atom. The molecule has 0 aromatic heterocycles. The molecule has 0 aliphatic rings. The van der Waals surface area contributed by atoms with E-state index in [1.54, 1.807) is 25.1 Å². The van der Waals surface area contributed by atoms with E-state index in [4.69, 9.17) is 0 Å².